The first-order valence-corrected chi connectivity index (χ1v) is 5.01. The maximum Gasteiger partial charge on any atom is 0.335 e. The normalized spacial score (nSPS) is 10.3. The molecule has 0 aromatic heterocycles. The zero-order chi connectivity index (χ0) is 11.7. The van der Waals surface area contributed by atoms with Gasteiger partial charge in [0.2, 0.25) is 0 Å². The quantitative estimate of drug-likeness (QED) is 0.826. The van der Waals surface area contributed by atoms with Gasteiger partial charge in [-0.1, -0.05) is 36.4 Å². The fraction of sp³-hybridized carbons (Fsp3) is 0.0714. The molecule has 2 nitrogen and oxygen atoms in total. The standard InChI is InChI=1S/C14H12O2/c1-9(2)12-5-3-4-10-8-11(14(15)16)6-7-13(10)12/h3-8H,1H2,2H3,(H,15,16). The molecule has 0 saturated heterocycles. The second kappa shape index (κ2) is 3.81. The Balaban J connectivity index is 2.73. The van der Waals surface area contributed by atoms with Gasteiger partial charge in [0.1, 0.15) is 0 Å². The smallest absolute Gasteiger partial charge is 0.335 e. The summed E-state index contributed by atoms with van der Waals surface area (Å²) < 4.78 is 0. The average molecular weight is 212 g/mol. The van der Waals surface area contributed by atoms with Crippen LogP contribution in [0.5, 0.6) is 0 Å². The monoisotopic (exact) mass is 212 g/mol. The summed E-state index contributed by atoms with van der Waals surface area (Å²) in [6, 6.07) is 11.0. The van der Waals surface area contributed by atoms with Crippen molar-refractivity contribution in [1.29, 1.82) is 0 Å². The van der Waals surface area contributed by atoms with Gasteiger partial charge < -0.3 is 5.11 Å². The molecule has 1 N–H and O–H groups in total. The molecule has 0 radical (unpaired) electrons. The van der Waals surface area contributed by atoms with Gasteiger partial charge in [0.05, 0.1) is 5.56 Å². The number of aromatic carboxylic acids is 1. The first-order valence-electron chi connectivity index (χ1n) is 5.01. The summed E-state index contributed by atoms with van der Waals surface area (Å²) in [6.45, 7) is 5.86. The van der Waals surface area contributed by atoms with E-state index < -0.39 is 5.97 Å². The van der Waals surface area contributed by atoms with Crippen molar-refractivity contribution >= 4 is 22.3 Å². The van der Waals surface area contributed by atoms with Crippen molar-refractivity contribution in [1.82, 2.24) is 0 Å². The molecule has 0 fully saturated rings. The van der Waals surface area contributed by atoms with Gasteiger partial charge in [0.25, 0.3) is 0 Å². The summed E-state index contributed by atoms with van der Waals surface area (Å²) in [4.78, 5) is 10.8. The van der Waals surface area contributed by atoms with Crippen molar-refractivity contribution in [2.75, 3.05) is 0 Å². The van der Waals surface area contributed by atoms with E-state index in [-0.39, 0.29) is 0 Å². The van der Waals surface area contributed by atoms with Gasteiger partial charge in [0, 0.05) is 0 Å². The molecule has 0 heterocycles. The van der Waals surface area contributed by atoms with E-state index in [1.54, 1.807) is 12.1 Å². The Morgan fingerprint density at radius 2 is 2.00 bits per heavy atom. The molecular formula is C14H12O2. The number of rotatable bonds is 2. The Morgan fingerprint density at radius 1 is 1.25 bits per heavy atom. The Bertz CT molecular complexity index is 582. The maximum absolute atomic E-state index is 10.8. The molecular weight excluding hydrogens is 200 g/mol. The van der Waals surface area contributed by atoms with E-state index >= 15 is 0 Å². The molecule has 0 unspecified atom stereocenters. The Hall–Kier alpha value is -2.09. The van der Waals surface area contributed by atoms with Crippen LogP contribution < -0.4 is 0 Å². The fourth-order valence-corrected chi connectivity index (χ4v) is 1.79. The highest BCUT2D eigenvalue weighted by atomic mass is 16.4. The molecule has 0 bridgehead atoms. The molecule has 2 aromatic rings. The Morgan fingerprint density at radius 3 is 2.62 bits per heavy atom. The van der Waals surface area contributed by atoms with Crippen LogP contribution >= 0.6 is 0 Å². The van der Waals surface area contributed by atoms with Crippen LogP contribution in [0, 0.1) is 0 Å². The van der Waals surface area contributed by atoms with E-state index in [1.165, 1.54) is 0 Å². The lowest BCUT2D eigenvalue weighted by molar-refractivity contribution is 0.0697. The molecule has 2 heteroatoms. The highest BCUT2D eigenvalue weighted by Crippen LogP contribution is 2.24. The summed E-state index contributed by atoms with van der Waals surface area (Å²) in [7, 11) is 0. The third-order valence-electron chi connectivity index (χ3n) is 2.59. The van der Waals surface area contributed by atoms with Gasteiger partial charge in [0.15, 0.2) is 0 Å². The molecule has 80 valence electrons. The maximum atomic E-state index is 10.8. The molecule has 2 aromatic carbocycles. The number of hydrogen-bond donors (Lipinski definition) is 1. The van der Waals surface area contributed by atoms with Crippen LogP contribution in [0.2, 0.25) is 0 Å². The predicted molar refractivity (Wildman–Crippen MR) is 65.6 cm³/mol. The number of allylic oxidation sites excluding steroid dienone is 1. The van der Waals surface area contributed by atoms with Gasteiger partial charge in [-0.25, -0.2) is 4.79 Å². The van der Waals surface area contributed by atoms with E-state index in [9.17, 15) is 4.79 Å². The van der Waals surface area contributed by atoms with Gasteiger partial charge in [-0.2, -0.15) is 0 Å². The minimum Gasteiger partial charge on any atom is -0.478 e. The van der Waals surface area contributed by atoms with Crippen LogP contribution in [0.25, 0.3) is 16.3 Å². The number of hydrogen-bond acceptors (Lipinski definition) is 1. The minimum atomic E-state index is -0.900. The SMILES string of the molecule is C=C(C)c1cccc2cc(C(=O)O)ccc12. The molecule has 0 amide bonds. The van der Waals surface area contributed by atoms with Crippen molar-refractivity contribution in [2.24, 2.45) is 0 Å². The molecule has 16 heavy (non-hydrogen) atoms. The number of benzene rings is 2. The minimum absolute atomic E-state index is 0.311. The van der Waals surface area contributed by atoms with Crippen molar-refractivity contribution < 1.29 is 9.90 Å². The van der Waals surface area contributed by atoms with E-state index in [4.69, 9.17) is 5.11 Å². The van der Waals surface area contributed by atoms with E-state index in [1.807, 2.05) is 31.2 Å². The van der Waals surface area contributed by atoms with Gasteiger partial charge in [-0.05, 0) is 35.4 Å². The molecule has 0 aliphatic carbocycles. The van der Waals surface area contributed by atoms with Crippen molar-refractivity contribution in [3.63, 3.8) is 0 Å². The molecule has 0 saturated carbocycles. The third kappa shape index (κ3) is 1.70. The van der Waals surface area contributed by atoms with Crippen LogP contribution in [0.4, 0.5) is 0 Å². The summed E-state index contributed by atoms with van der Waals surface area (Å²) in [5.41, 5.74) is 2.36. The zero-order valence-corrected chi connectivity index (χ0v) is 9.03. The van der Waals surface area contributed by atoms with Crippen LogP contribution in [-0.2, 0) is 0 Å². The average Bonchev–Trinajstić information content (AvgIpc) is 2.27. The second-order valence-electron chi connectivity index (χ2n) is 3.83. The Kier molecular flexibility index (Phi) is 2.49. The summed E-state index contributed by atoms with van der Waals surface area (Å²) in [5.74, 6) is -0.900. The summed E-state index contributed by atoms with van der Waals surface area (Å²) in [6.07, 6.45) is 0. The van der Waals surface area contributed by atoms with E-state index in [2.05, 4.69) is 6.58 Å². The van der Waals surface area contributed by atoms with Gasteiger partial charge in [-0.15, -0.1) is 0 Å². The van der Waals surface area contributed by atoms with Gasteiger partial charge >= 0.3 is 5.97 Å². The summed E-state index contributed by atoms with van der Waals surface area (Å²) in [5, 5.41) is 10.9. The molecule has 0 aliphatic heterocycles. The van der Waals surface area contributed by atoms with Crippen LogP contribution in [0.15, 0.2) is 43.0 Å². The van der Waals surface area contributed by atoms with Crippen molar-refractivity contribution in [3.8, 4) is 0 Å². The predicted octanol–water partition coefficient (Wildman–Crippen LogP) is 3.57. The number of carboxylic acid groups (broad SMARTS) is 1. The third-order valence-corrected chi connectivity index (χ3v) is 2.59. The number of carboxylic acids is 1. The zero-order valence-electron chi connectivity index (χ0n) is 9.03. The Labute approximate surface area is 93.8 Å². The van der Waals surface area contributed by atoms with E-state index in [0.717, 1.165) is 21.9 Å². The largest absolute Gasteiger partial charge is 0.478 e. The second-order valence-corrected chi connectivity index (χ2v) is 3.83. The van der Waals surface area contributed by atoms with E-state index in [0.29, 0.717) is 5.56 Å². The highest BCUT2D eigenvalue weighted by molar-refractivity contribution is 5.98. The first kappa shape index (κ1) is 10.4. The first-order chi connectivity index (χ1) is 7.59. The van der Waals surface area contributed by atoms with Crippen LogP contribution in [-0.4, -0.2) is 11.1 Å². The lowest BCUT2D eigenvalue weighted by atomic mass is 9.98. The number of carbonyl (C=O) groups is 1. The number of fused-ring (bicyclic) bond motifs is 1. The van der Waals surface area contributed by atoms with Crippen molar-refractivity contribution in [3.05, 3.63) is 54.1 Å². The molecule has 0 atom stereocenters. The van der Waals surface area contributed by atoms with Crippen LogP contribution in [0.1, 0.15) is 22.8 Å². The molecule has 0 aliphatic rings. The van der Waals surface area contributed by atoms with Crippen LogP contribution in [0.3, 0.4) is 0 Å². The highest BCUT2D eigenvalue weighted by Gasteiger charge is 2.06. The lowest BCUT2D eigenvalue weighted by Crippen LogP contribution is -1.95. The molecule has 0 spiro atoms. The fourth-order valence-electron chi connectivity index (χ4n) is 1.79. The van der Waals surface area contributed by atoms with Crippen molar-refractivity contribution in [2.45, 2.75) is 6.92 Å². The van der Waals surface area contributed by atoms with Gasteiger partial charge in [-0.3, -0.25) is 0 Å². The molecule has 2 rings (SSSR count). The topological polar surface area (TPSA) is 37.3 Å². The summed E-state index contributed by atoms with van der Waals surface area (Å²) >= 11 is 0. The lowest BCUT2D eigenvalue weighted by Gasteiger charge is -2.06.